The fourth-order valence-electron chi connectivity index (χ4n) is 2.16. The van der Waals surface area contributed by atoms with Crippen LogP contribution in [0.25, 0.3) is 0 Å². The van der Waals surface area contributed by atoms with Gasteiger partial charge in [-0.3, -0.25) is 0 Å². The number of hydrogen-bond donors (Lipinski definition) is 2. The molecule has 0 aromatic carbocycles. The molecule has 0 radical (unpaired) electrons. The molecule has 1 aliphatic carbocycles. The summed E-state index contributed by atoms with van der Waals surface area (Å²) in [5.74, 6) is 0.680. The molecule has 0 aliphatic heterocycles. The molecule has 2 heteroatoms. The molecule has 0 aromatic rings. The molecule has 1 saturated carbocycles. The molecule has 13 heavy (non-hydrogen) atoms. The van der Waals surface area contributed by atoms with Crippen LogP contribution in [0.4, 0.5) is 0 Å². The van der Waals surface area contributed by atoms with Crippen LogP contribution in [0.1, 0.15) is 52.4 Å². The molecule has 1 aliphatic rings. The van der Waals surface area contributed by atoms with Crippen molar-refractivity contribution in [3.8, 4) is 0 Å². The van der Waals surface area contributed by atoms with Gasteiger partial charge in [-0.15, -0.1) is 0 Å². The van der Waals surface area contributed by atoms with E-state index in [4.69, 9.17) is 11.5 Å². The van der Waals surface area contributed by atoms with E-state index in [1.807, 2.05) is 0 Å². The maximum absolute atomic E-state index is 6.27. The maximum Gasteiger partial charge on any atom is 0.0155 e. The summed E-state index contributed by atoms with van der Waals surface area (Å²) < 4.78 is 0. The Morgan fingerprint density at radius 2 is 1.92 bits per heavy atom. The van der Waals surface area contributed by atoms with Gasteiger partial charge in [0.05, 0.1) is 0 Å². The Kier molecular flexibility index (Phi) is 3.74. The minimum atomic E-state index is 0.0467. The van der Waals surface area contributed by atoms with Crippen LogP contribution in [0, 0.1) is 5.92 Å². The second-order valence-electron chi connectivity index (χ2n) is 4.89. The third-order valence-corrected chi connectivity index (χ3v) is 3.43. The molecule has 78 valence electrons. The van der Waals surface area contributed by atoms with Crippen LogP contribution in [-0.2, 0) is 0 Å². The zero-order valence-corrected chi connectivity index (χ0v) is 9.05. The van der Waals surface area contributed by atoms with Gasteiger partial charge in [0.1, 0.15) is 0 Å². The highest BCUT2D eigenvalue weighted by Crippen LogP contribution is 2.36. The summed E-state index contributed by atoms with van der Waals surface area (Å²) in [6, 6.07) is 0.430. The van der Waals surface area contributed by atoms with Gasteiger partial charge in [0.25, 0.3) is 0 Å². The van der Waals surface area contributed by atoms with Crippen LogP contribution in [-0.4, -0.2) is 11.6 Å². The molecule has 0 bridgehead atoms. The third-order valence-electron chi connectivity index (χ3n) is 3.43. The molecule has 2 nitrogen and oxygen atoms in total. The van der Waals surface area contributed by atoms with E-state index in [0.717, 1.165) is 19.3 Å². The van der Waals surface area contributed by atoms with Crippen molar-refractivity contribution in [2.24, 2.45) is 17.4 Å². The Labute approximate surface area is 82.1 Å². The van der Waals surface area contributed by atoms with E-state index in [-0.39, 0.29) is 5.54 Å². The lowest BCUT2D eigenvalue weighted by Crippen LogP contribution is -2.53. The van der Waals surface area contributed by atoms with E-state index < -0.39 is 0 Å². The lowest BCUT2D eigenvalue weighted by atomic mass is 9.68. The molecule has 1 fully saturated rings. The second-order valence-corrected chi connectivity index (χ2v) is 4.89. The van der Waals surface area contributed by atoms with Crippen molar-refractivity contribution >= 4 is 0 Å². The molecular formula is C11H24N2. The van der Waals surface area contributed by atoms with Gasteiger partial charge in [-0.2, -0.15) is 0 Å². The van der Waals surface area contributed by atoms with Gasteiger partial charge in [-0.05, 0) is 32.1 Å². The first kappa shape index (κ1) is 11.0. The molecule has 1 rings (SSSR count). The summed E-state index contributed by atoms with van der Waals surface area (Å²) in [6.07, 6.45) is 7.30. The molecule has 4 N–H and O–H groups in total. The predicted molar refractivity (Wildman–Crippen MR) is 57.4 cm³/mol. The molecule has 0 aromatic heterocycles. The van der Waals surface area contributed by atoms with Gasteiger partial charge in [0, 0.05) is 11.6 Å². The van der Waals surface area contributed by atoms with E-state index in [0.29, 0.717) is 12.0 Å². The number of hydrogen-bond acceptors (Lipinski definition) is 2. The van der Waals surface area contributed by atoms with Gasteiger partial charge >= 0.3 is 0 Å². The Balaban J connectivity index is 2.21. The fraction of sp³-hybridized carbons (Fsp3) is 1.00. The molecule has 0 saturated heterocycles. The van der Waals surface area contributed by atoms with Crippen molar-refractivity contribution in [2.75, 3.05) is 0 Å². The summed E-state index contributed by atoms with van der Waals surface area (Å²) in [7, 11) is 0. The highest BCUT2D eigenvalue weighted by molar-refractivity contribution is 4.96. The first-order chi connectivity index (χ1) is 6.06. The van der Waals surface area contributed by atoms with E-state index in [2.05, 4.69) is 13.8 Å². The highest BCUT2D eigenvalue weighted by Gasteiger charge is 2.38. The van der Waals surface area contributed by atoms with Gasteiger partial charge in [-0.1, -0.05) is 26.2 Å². The molecule has 0 spiro atoms. The SMILES string of the molecule is CCCCCC(C)(N)C1CC(N)C1. The smallest absolute Gasteiger partial charge is 0.0155 e. The van der Waals surface area contributed by atoms with Crippen LogP contribution in [0.3, 0.4) is 0 Å². The van der Waals surface area contributed by atoms with Crippen molar-refractivity contribution in [3.05, 3.63) is 0 Å². The van der Waals surface area contributed by atoms with Crippen molar-refractivity contribution in [2.45, 2.75) is 64.0 Å². The van der Waals surface area contributed by atoms with Gasteiger partial charge in [-0.25, -0.2) is 0 Å². The van der Waals surface area contributed by atoms with Crippen LogP contribution < -0.4 is 11.5 Å². The summed E-state index contributed by atoms with van der Waals surface area (Å²) in [5, 5.41) is 0. The molecular weight excluding hydrogens is 160 g/mol. The average Bonchev–Trinajstić information content (AvgIpc) is 1.99. The molecule has 0 amide bonds. The summed E-state index contributed by atoms with van der Waals surface area (Å²) in [6.45, 7) is 4.42. The lowest BCUT2D eigenvalue weighted by molar-refractivity contribution is 0.144. The largest absolute Gasteiger partial charge is 0.328 e. The maximum atomic E-state index is 6.27. The summed E-state index contributed by atoms with van der Waals surface area (Å²) >= 11 is 0. The first-order valence-electron chi connectivity index (χ1n) is 5.60. The Morgan fingerprint density at radius 1 is 1.31 bits per heavy atom. The Morgan fingerprint density at radius 3 is 2.38 bits per heavy atom. The van der Waals surface area contributed by atoms with Crippen molar-refractivity contribution < 1.29 is 0 Å². The summed E-state index contributed by atoms with van der Waals surface area (Å²) in [4.78, 5) is 0. The fourth-order valence-corrected chi connectivity index (χ4v) is 2.16. The number of unbranched alkanes of at least 4 members (excludes halogenated alkanes) is 2. The highest BCUT2D eigenvalue weighted by atomic mass is 14.8. The minimum Gasteiger partial charge on any atom is -0.328 e. The summed E-state index contributed by atoms with van der Waals surface area (Å²) in [5.41, 5.74) is 12.1. The van der Waals surface area contributed by atoms with Crippen molar-refractivity contribution in [1.82, 2.24) is 0 Å². The van der Waals surface area contributed by atoms with Gasteiger partial charge in [0.2, 0.25) is 0 Å². The van der Waals surface area contributed by atoms with Crippen molar-refractivity contribution in [1.29, 1.82) is 0 Å². The van der Waals surface area contributed by atoms with Crippen LogP contribution >= 0.6 is 0 Å². The van der Waals surface area contributed by atoms with E-state index in [1.54, 1.807) is 0 Å². The van der Waals surface area contributed by atoms with E-state index in [1.165, 1.54) is 19.3 Å². The number of rotatable bonds is 5. The molecule has 1 unspecified atom stereocenters. The quantitative estimate of drug-likeness (QED) is 0.642. The number of nitrogens with two attached hydrogens (primary N) is 2. The standard InChI is InChI=1S/C11H24N2/c1-3-4-5-6-11(2,13)9-7-10(12)8-9/h9-10H,3-8,12-13H2,1-2H3. The zero-order valence-electron chi connectivity index (χ0n) is 9.05. The van der Waals surface area contributed by atoms with Gasteiger partial charge in [0.15, 0.2) is 0 Å². The zero-order chi connectivity index (χ0) is 9.90. The third kappa shape index (κ3) is 2.96. The van der Waals surface area contributed by atoms with E-state index in [9.17, 15) is 0 Å². The molecule has 1 atom stereocenters. The van der Waals surface area contributed by atoms with Crippen LogP contribution in [0.15, 0.2) is 0 Å². The van der Waals surface area contributed by atoms with Gasteiger partial charge < -0.3 is 11.5 Å². The predicted octanol–water partition coefficient (Wildman–Crippen LogP) is 2.02. The minimum absolute atomic E-state index is 0.0467. The van der Waals surface area contributed by atoms with Crippen LogP contribution in [0.2, 0.25) is 0 Å². The average molecular weight is 184 g/mol. The van der Waals surface area contributed by atoms with Crippen LogP contribution in [0.5, 0.6) is 0 Å². The normalized spacial score (nSPS) is 32.3. The van der Waals surface area contributed by atoms with E-state index >= 15 is 0 Å². The Bertz CT molecular complexity index is 148. The molecule has 0 heterocycles. The lowest BCUT2D eigenvalue weighted by Gasteiger charge is -2.44. The monoisotopic (exact) mass is 184 g/mol. The van der Waals surface area contributed by atoms with Crippen molar-refractivity contribution in [3.63, 3.8) is 0 Å². The first-order valence-corrected chi connectivity index (χ1v) is 5.60. The Hall–Kier alpha value is -0.0800. The second kappa shape index (κ2) is 4.43. The topological polar surface area (TPSA) is 52.0 Å².